The van der Waals surface area contributed by atoms with Crippen LogP contribution in [-0.4, -0.2) is 49.1 Å². The average Bonchev–Trinajstić information content (AvgIpc) is 2.90. The molecule has 0 radical (unpaired) electrons. The van der Waals surface area contributed by atoms with E-state index in [1.54, 1.807) is 0 Å². The summed E-state index contributed by atoms with van der Waals surface area (Å²) in [7, 11) is 4.46. The molecule has 0 saturated carbocycles. The smallest absolute Gasteiger partial charge is 0.0591 e. The Balaban J connectivity index is 2.09. The molecule has 3 atom stereocenters. The molecule has 1 aromatic heterocycles. The van der Waals surface area contributed by atoms with Crippen LogP contribution in [0.5, 0.6) is 0 Å². The normalized spacial score (nSPS) is 24.0. The van der Waals surface area contributed by atoms with Crippen molar-refractivity contribution in [2.75, 3.05) is 27.2 Å². The van der Waals surface area contributed by atoms with E-state index in [9.17, 15) is 0 Å². The van der Waals surface area contributed by atoms with Gasteiger partial charge in [-0.05, 0) is 64.3 Å². The second kappa shape index (κ2) is 6.35. The number of nitrogens with two attached hydrogens (primary N) is 1. The third-order valence-electron chi connectivity index (χ3n) is 4.31. The Labute approximate surface area is 121 Å². The summed E-state index contributed by atoms with van der Waals surface area (Å²) in [6.45, 7) is 6.66. The predicted octanol–water partition coefficient (Wildman–Crippen LogP) is 2.47. The first-order chi connectivity index (χ1) is 9.00. The molecule has 1 aliphatic rings. The summed E-state index contributed by atoms with van der Waals surface area (Å²) in [4.78, 5) is 6.37. The van der Waals surface area contributed by atoms with E-state index >= 15 is 0 Å². The van der Waals surface area contributed by atoms with E-state index in [2.05, 4.69) is 49.2 Å². The maximum Gasteiger partial charge on any atom is 0.0591 e. The van der Waals surface area contributed by atoms with Gasteiger partial charge in [0.2, 0.25) is 0 Å². The molecule has 2 heterocycles. The van der Waals surface area contributed by atoms with Crippen molar-refractivity contribution in [3.05, 3.63) is 21.9 Å². The van der Waals surface area contributed by atoms with Gasteiger partial charge in [-0.25, -0.2) is 0 Å². The SMILES string of the molecule is Cc1ccsc1C(C(C)N)N(C)CC1CCCN1C. The molecule has 1 aliphatic heterocycles. The van der Waals surface area contributed by atoms with Crippen LogP contribution in [-0.2, 0) is 0 Å². The van der Waals surface area contributed by atoms with Crippen molar-refractivity contribution in [1.29, 1.82) is 0 Å². The lowest BCUT2D eigenvalue weighted by Gasteiger charge is -2.34. The molecular weight excluding hydrogens is 254 g/mol. The standard InChI is InChI=1S/C15H27N3S/c1-11-7-9-19-15(11)14(12(2)16)18(4)10-13-6-5-8-17(13)3/h7,9,12-14H,5-6,8,10,16H2,1-4H3. The molecule has 0 bridgehead atoms. The van der Waals surface area contributed by atoms with E-state index in [4.69, 9.17) is 5.73 Å². The molecule has 3 unspecified atom stereocenters. The molecule has 0 spiro atoms. The third-order valence-corrected chi connectivity index (χ3v) is 5.40. The van der Waals surface area contributed by atoms with Gasteiger partial charge in [-0.3, -0.25) is 4.90 Å². The highest BCUT2D eigenvalue weighted by molar-refractivity contribution is 7.10. The van der Waals surface area contributed by atoms with Crippen molar-refractivity contribution in [2.24, 2.45) is 5.73 Å². The van der Waals surface area contributed by atoms with Gasteiger partial charge in [-0.1, -0.05) is 0 Å². The predicted molar refractivity (Wildman–Crippen MR) is 83.7 cm³/mol. The second-order valence-electron chi connectivity index (χ2n) is 5.99. The van der Waals surface area contributed by atoms with Gasteiger partial charge in [-0.15, -0.1) is 11.3 Å². The number of hydrogen-bond acceptors (Lipinski definition) is 4. The number of aryl methyl sites for hydroxylation is 1. The van der Waals surface area contributed by atoms with Crippen LogP contribution < -0.4 is 5.73 Å². The van der Waals surface area contributed by atoms with Crippen LogP contribution in [0.3, 0.4) is 0 Å². The molecule has 108 valence electrons. The van der Waals surface area contributed by atoms with Gasteiger partial charge in [0.25, 0.3) is 0 Å². The minimum atomic E-state index is 0.161. The van der Waals surface area contributed by atoms with Gasteiger partial charge in [0.05, 0.1) is 6.04 Å². The Morgan fingerprint density at radius 2 is 2.32 bits per heavy atom. The van der Waals surface area contributed by atoms with Crippen LogP contribution in [0, 0.1) is 6.92 Å². The monoisotopic (exact) mass is 281 g/mol. The zero-order valence-electron chi connectivity index (χ0n) is 12.6. The van der Waals surface area contributed by atoms with E-state index in [0.717, 1.165) is 6.54 Å². The van der Waals surface area contributed by atoms with Gasteiger partial charge >= 0.3 is 0 Å². The maximum atomic E-state index is 6.26. The summed E-state index contributed by atoms with van der Waals surface area (Å²) < 4.78 is 0. The van der Waals surface area contributed by atoms with Crippen molar-refractivity contribution in [3.63, 3.8) is 0 Å². The second-order valence-corrected chi connectivity index (χ2v) is 6.94. The van der Waals surface area contributed by atoms with Crippen molar-refractivity contribution < 1.29 is 0 Å². The molecule has 0 amide bonds. The van der Waals surface area contributed by atoms with Gasteiger partial charge in [-0.2, -0.15) is 0 Å². The maximum absolute atomic E-state index is 6.26. The van der Waals surface area contributed by atoms with Gasteiger partial charge in [0, 0.05) is 23.5 Å². The quantitative estimate of drug-likeness (QED) is 0.900. The van der Waals surface area contributed by atoms with Crippen molar-refractivity contribution in [2.45, 2.75) is 44.8 Å². The van der Waals surface area contributed by atoms with Crippen molar-refractivity contribution in [1.82, 2.24) is 9.80 Å². The van der Waals surface area contributed by atoms with E-state index in [1.807, 2.05) is 11.3 Å². The number of hydrogen-bond donors (Lipinski definition) is 1. The number of nitrogens with zero attached hydrogens (tertiary/aromatic N) is 2. The van der Waals surface area contributed by atoms with Crippen LogP contribution in [0.1, 0.15) is 36.2 Å². The van der Waals surface area contributed by atoms with Gasteiger partial charge in [0.15, 0.2) is 0 Å². The number of thiophene rings is 1. The molecule has 2 rings (SSSR count). The molecule has 4 heteroatoms. The molecule has 1 aromatic rings. The average molecular weight is 281 g/mol. The third kappa shape index (κ3) is 3.37. The number of likely N-dealkylation sites (N-methyl/N-ethyl adjacent to an activating group) is 2. The molecule has 1 fully saturated rings. The zero-order valence-corrected chi connectivity index (χ0v) is 13.4. The van der Waals surface area contributed by atoms with Crippen LogP contribution in [0.25, 0.3) is 0 Å². The summed E-state index contributed by atoms with van der Waals surface area (Å²) in [5.41, 5.74) is 7.63. The molecule has 3 nitrogen and oxygen atoms in total. The summed E-state index contributed by atoms with van der Waals surface area (Å²) in [6.07, 6.45) is 2.64. The van der Waals surface area contributed by atoms with E-state index in [-0.39, 0.29) is 6.04 Å². The first-order valence-electron chi connectivity index (χ1n) is 7.20. The lowest BCUT2D eigenvalue weighted by Crippen LogP contribution is -2.43. The Hall–Kier alpha value is -0.420. The summed E-state index contributed by atoms with van der Waals surface area (Å²) >= 11 is 1.84. The Morgan fingerprint density at radius 1 is 1.58 bits per heavy atom. The first-order valence-corrected chi connectivity index (χ1v) is 8.08. The van der Waals surface area contributed by atoms with Crippen LogP contribution in [0.2, 0.25) is 0 Å². The van der Waals surface area contributed by atoms with Crippen LogP contribution in [0.15, 0.2) is 11.4 Å². The summed E-state index contributed by atoms with van der Waals surface area (Å²) in [5.74, 6) is 0. The molecule has 2 N–H and O–H groups in total. The fourth-order valence-corrected chi connectivity index (χ4v) is 4.39. The lowest BCUT2D eigenvalue weighted by atomic mass is 10.0. The lowest BCUT2D eigenvalue weighted by molar-refractivity contribution is 0.164. The molecule has 19 heavy (non-hydrogen) atoms. The van der Waals surface area contributed by atoms with E-state index < -0.39 is 0 Å². The van der Waals surface area contributed by atoms with Crippen LogP contribution >= 0.6 is 11.3 Å². The largest absolute Gasteiger partial charge is 0.326 e. The number of rotatable bonds is 5. The minimum absolute atomic E-state index is 0.161. The van der Waals surface area contributed by atoms with E-state index in [1.165, 1.54) is 29.8 Å². The minimum Gasteiger partial charge on any atom is -0.326 e. The highest BCUT2D eigenvalue weighted by atomic mass is 32.1. The Bertz CT molecular complexity index is 402. The molecular formula is C15H27N3S. The molecule has 1 saturated heterocycles. The van der Waals surface area contributed by atoms with Crippen molar-refractivity contribution >= 4 is 11.3 Å². The first kappa shape index (κ1) is 15.0. The van der Waals surface area contributed by atoms with Gasteiger partial charge < -0.3 is 10.6 Å². The summed E-state index contributed by atoms with van der Waals surface area (Å²) in [6, 6.07) is 3.39. The fraction of sp³-hybridized carbons (Fsp3) is 0.733. The highest BCUT2D eigenvalue weighted by Gasteiger charge is 2.28. The topological polar surface area (TPSA) is 32.5 Å². The Kier molecular flexibility index (Phi) is 5.01. The summed E-state index contributed by atoms with van der Waals surface area (Å²) in [5, 5.41) is 2.18. The highest BCUT2D eigenvalue weighted by Crippen LogP contribution is 2.31. The molecule has 0 aliphatic carbocycles. The molecule has 0 aromatic carbocycles. The fourth-order valence-electron chi connectivity index (χ4n) is 3.18. The van der Waals surface area contributed by atoms with Gasteiger partial charge in [0.1, 0.15) is 0 Å². The zero-order chi connectivity index (χ0) is 14.0. The van der Waals surface area contributed by atoms with Crippen LogP contribution in [0.4, 0.5) is 0 Å². The Morgan fingerprint density at radius 3 is 2.79 bits per heavy atom. The number of likely N-dealkylation sites (tertiary alicyclic amines) is 1. The van der Waals surface area contributed by atoms with E-state index in [0.29, 0.717) is 12.1 Å². The van der Waals surface area contributed by atoms with Crippen molar-refractivity contribution in [3.8, 4) is 0 Å².